The van der Waals surface area contributed by atoms with Crippen LogP contribution in [-0.4, -0.2) is 64.5 Å². The van der Waals surface area contributed by atoms with Crippen LogP contribution in [0.25, 0.3) is 0 Å². The van der Waals surface area contributed by atoms with Gasteiger partial charge in [0.2, 0.25) is 11.8 Å². The van der Waals surface area contributed by atoms with Crippen LogP contribution >= 0.6 is 11.6 Å². The molecule has 1 N–H and O–H groups in total. The second-order valence-electron chi connectivity index (χ2n) is 6.58. The van der Waals surface area contributed by atoms with Gasteiger partial charge in [-0.25, -0.2) is 4.99 Å². The van der Waals surface area contributed by atoms with Crippen molar-refractivity contribution in [1.29, 1.82) is 0 Å². The highest BCUT2D eigenvalue weighted by Crippen LogP contribution is 2.13. The average Bonchev–Trinajstić information content (AvgIpc) is 3.10. The molecule has 28 heavy (non-hydrogen) atoms. The van der Waals surface area contributed by atoms with Crippen molar-refractivity contribution in [1.82, 2.24) is 25.3 Å². The molecule has 1 saturated heterocycles. The molecule has 0 saturated carbocycles. The van der Waals surface area contributed by atoms with Gasteiger partial charge in [0.15, 0.2) is 11.8 Å². The van der Waals surface area contributed by atoms with E-state index in [1.807, 2.05) is 36.1 Å². The maximum absolute atomic E-state index is 12.6. The number of nitrogens with zero attached hydrogens (tertiary/aromatic N) is 5. The normalized spacial score (nSPS) is 15.0. The summed E-state index contributed by atoms with van der Waals surface area (Å²) in [5.41, 5.74) is 0.935. The number of benzene rings is 1. The standard InChI is InChI=1S/C19H25ClN6O2/c1-3-21-19(22-13-17-23-14(2)24-28-17)26-9-7-25(8-10-26)18(27)12-15-5-4-6-16(20)11-15/h4-6,11H,3,7-10,12-13H2,1-2H3,(H,21,22). The number of carbonyl (C=O) groups is 1. The summed E-state index contributed by atoms with van der Waals surface area (Å²) in [5, 5.41) is 7.72. The van der Waals surface area contributed by atoms with E-state index >= 15 is 0 Å². The summed E-state index contributed by atoms with van der Waals surface area (Å²) >= 11 is 6.01. The van der Waals surface area contributed by atoms with Gasteiger partial charge in [-0.05, 0) is 31.5 Å². The van der Waals surface area contributed by atoms with Gasteiger partial charge in [0.25, 0.3) is 0 Å². The van der Waals surface area contributed by atoms with Crippen LogP contribution in [-0.2, 0) is 17.8 Å². The van der Waals surface area contributed by atoms with Crippen LogP contribution < -0.4 is 5.32 Å². The van der Waals surface area contributed by atoms with Gasteiger partial charge in [0.05, 0.1) is 6.42 Å². The summed E-state index contributed by atoms with van der Waals surface area (Å²) in [6.45, 7) is 7.64. The van der Waals surface area contributed by atoms with Crippen LogP contribution in [0.5, 0.6) is 0 Å². The molecule has 0 atom stereocenters. The first-order valence-electron chi connectivity index (χ1n) is 9.40. The van der Waals surface area contributed by atoms with E-state index in [0.717, 1.165) is 31.2 Å². The molecule has 2 heterocycles. The number of guanidine groups is 1. The zero-order valence-electron chi connectivity index (χ0n) is 16.2. The van der Waals surface area contributed by atoms with E-state index in [4.69, 9.17) is 16.1 Å². The number of hydrogen-bond donors (Lipinski definition) is 1. The number of piperazine rings is 1. The second kappa shape index (κ2) is 9.54. The van der Waals surface area contributed by atoms with E-state index < -0.39 is 0 Å². The van der Waals surface area contributed by atoms with Gasteiger partial charge in [0, 0.05) is 37.7 Å². The van der Waals surface area contributed by atoms with Gasteiger partial charge >= 0.3 is 0 Å². The van der Waals surface area contributed by atoms with E-state index in [-0.39, 0.29) is 5.91 Å². The summed E-state index contributed by atoms with van der Waals surface area (Å²) < 4.78 is 5.12. The Labute approximate surface area is 169 Å². The number of aromatic nitrogens is 2. The Morgan fingerprint density at radius 1 is 1.29 bits per heavy atom. The summed E-state index contributed by atoms with van der Waals surface area (Å²) in [5.74, 6) is 2.00. The third kappa shape index (κ3) is 5.45. The minimum Gasteiger partial charge on any atom is -0.357 e. The number of nitrogens with one attached hydrogen (secondary N) is 1. The number of aliphatic imine (C=N–C) groups is 1. The highest BCUT2D eigenvalue weighted by Gasteiger charge is 2.23. The molecule has 2 aromatic rings. The fraction of sp³-hybridized carbons (Fsp3) is 0.474. The largest absolute Gasteiger partial charge is 0.357 e. The van der Waals surface area contributed by atoms with Gasteiger partial charge in [-0.3, -0.25) is 4.79 Å². The SMILES string of the molecule is CCNC(=NCc1nc(C)no1)N1CCN(C(=O)Cc2cccc(Cl)c2)CC1. The molecule has 1 aliphatic rings. The lowest BCUT2D eigenvalue weighted by Crippen LogP contribution is -2.54. The van der Waals surface area contributed by atoms with Crippen molar-refractivity contribution >= 4 is 23.5 Å². The minimum absolute atomic E-state index is 0.116. The topological polar surface area (TPSA) is 86.9 Å². The van der Waals surface area contributed by atoms with Crippen LogP contribution in [0, 0.1) is 6.92 Å². The van der Waals surface area contributed by atoms with Gasteiger partial charge < -0.3 is 19.6 Å². The summed E-state index contributed by atoms with van der Waals surface area (Å²) in [6, 6.07) is 7.44. The first-order chi connectivity index (χ1) is 13.5. The molecule has 9 heteroatoms. The number of aryl methyl sites for hydroxylation is 1. The Morgan fingerprint density at radius 2 is 2.04 bits per heavy atom. The molecule has 0 aliphatic carbocycles. The lowest BCUT2D eigenvalue weighted by atomic mass is 10.1. The van der Waals surface area contributed by atoms with Crippen molar-refractivity contribution in [2.24, 2.45) is 4.99 Å². The average molecular weight is 405 g/mol. The molecule has 1 fully saturated rings. The highest BCUT2D eigenvalue weighted by atomic mass is 35.5. The first kappa shape index (κ1) is 20.1. The number of rotatable bonds is 5. The van der Waals surface area contributed by atoms with E-state index in [2.05, 4.69) is 25.3 Å². The third-order valence-electron chi connectivity index (χ3n) is 4.44. The Kier molecular flexibility index (Phi) is 6.86. The first-order valence-corrected chi connectivity index (χ1v) is 9.77. The Bertz CT molecular complexity index is 829. The van der Waals surface area contributed by atoms with Crippen LogP contribution in [0.3, 0.4) is 0 Å². The molecule has 1 aromatic carbocycles. The molecule has 0 spiro atoms. The van der Waals surface area contributed by atoms with Crippen LogP contribution in [0.4, 0.5) is 0 Å². The molecular weight excluding hydrogens is 380 g/mol. The van der Waals surface area contributed by atoms with Crippen molar-refractivity contribution in [2.75, 3.05) is 32.7 Å². The number of hydrogen-bond acceptors (Lipinski definition) is 5. The quantitative estimate of drug-likeness (QED) is 0.604. The maximum atomic E-state index is 12.6. The molecule has 0 radical (unpaired) electrons. The van der Waals surface area contributed by atoms with E-state index in [1.165, 1.54) is 0 Å². The lowest BCUT2D eigenvalue weighted by molar-refractivity contribution is -0.131. The summed E-state index contributed by atoms with van der Waals surface area (Å²) in [6.07, 6.45) is 0.366. The van der Waals surface area contributed by atoms with Crippen LogP contribution in [0.1, 0.15) is 24.2 Å². The zero-order valence-corrected chi connectivity index (χ0v) is 16.9. The van der Waals surface area contributed by atoms with E-state index in [0.29, 0.717) is 42.8 Å². The van der Waals surface area contributed by atoms with Crippen molar-refractivity contribution in [3.8, 4) is 0 Å². The predicted octanol–water partition coefficient (Wildman–Crippen LogP) is 1.88. The molecule has 3 rings (SSSR count). The molecule has 1 aromatic heterocycles. The fourth-order valence-electron chi connectivity index (χ4n) is 3.07. The predicted molar refractivity (Wildman–Crippen MR) is 107 cm³/mol. The lowest BCUT2D eigenvalue weighted by Gasteiger charge is -2.36. The van der Waals surface area contributed by atoms with E-state index in [9.17, 15) is 4.79 Å². The zero-order chi connectivity index (χ0) is 19.9. The molecule has 8 nitrogen and oxygen atoms in total. The number of carbonyl (C=O) groups excluding carboxylic acids is 1. The summed E-state index contributed by atoms with van der Waals surface area (Å²) in [7, 11) is 0. The maximum Gasteiger partial charge on any atom is 0.248 e. The van der Waals surface area contributed by atoms with E-state index in [1.54, 1.807) is 6.92 Å². The van der Waals surface area contributed by atoms with Crippen LogP contribution in [0.2, 0.25) is 5.02 Å². The second-order valence-corrected chi connectivity index (χ2v) is 7.02. The van der Waals surface area contributed by atoms with Crippen LogP contribution in [0.15, 0.2) is 33.8 Å². The van der Waals surface area contributed by atoms with Crippen molar-refractivity contribution < 1.29 is 9.32 Å². The Balaban J connectivity index is 1.55. The smallest absolute Gasteiger partial charge is 0.248 e. The van der Waals surface area contributed by atoms with Crippen molar-refractivity contribution in [2.45, 2.75) is 26.8 Å². The van der Waals surface area contributed by atoms with Crippen molar-refractivity contribution in [3.63, 3.8) is 0 Å². The number of amides is 1. The van der Waals surface area contributed by atoms with Gasteiger partial charge in [-0.2, -0.15) is 4.98 Å². The monoisotopic (exact) mass is 404 g/mol. The summed E-state index contributed by atoms with van der Waals surface area (Å²) in [4.78, 5) is 25.4. The fourth-order valence-corrected chi connectivity index (χ4v) is 3.29. The Hall–Kier alpha value is -2.61. The van der Waals surface area contributed by atoms with Gasteiger partial charge in [-0.1, -0.05) is 28.9 Å². The molecule has 0 bridgehead atoms. The van der Waals surface area contributed by atoms with Gasteiger partial charge in [-0.15, -0.1) is 0 Å². The minimum atomic E-state index is 0.116. The highest BCUT2D eigenvalue weighted by molar-refractivity contribution is 6.30. The molecule has 1 aliphatic heterocycles. The Morgan fingerprint density at radius 3 is 2.68 bits per heavy atom. The molecule has 0 unspecified atom stereocenters. The number of halogens is 1. The van der Waals surface area contributed by atoms with Gasteiger partial charge in [0.1, 0.15) is 6.54 Å². The third-order valence-corrected chi connectivity index (χ3v) is 4.68. The van der Waals surface area contributed by atoms with Crippen molar-refractivity contribution in [3.05, 3.63) is 46.6 Å². The molecule has 150 valence electrons. The molecular formula is C19H25ClN6O2. The molecule has 1 amide bonds.